The Labute approximate surface area is 108 Å². The summed E-state index contributed by atoms with van der Waals surface area (Å²) < 4.78 is 0. The third kappa shape index (κ3) is 4.12. The molecule has 0 radical (unpaired) electrons. The number of hydrogen-bond donors (Lipinski definition) is 4. The predicted molar refractivity (Wildman–Crippen MR) is 73.3 cm³/mol. The second-order valence-corrected chi connectivity index (χ2v) is 5.30. The van der Waals surface area contributed by atoms with Crippen molar-refractivity contribution in [1.82, 2.24) is 9.97 Å². The van der Waals surface area contributed by atoms with Gasteiger partial charge in [0.15, 0.2) is 0 Å². The zero-order valence-electron chi connectivity index (χ0n) is 11.5. The van der Waals surface area contributed by atoms with Crippen LogP contribution >= 0.6 is 0 Å². The molecular weight excluding hydrogens is 230 g/mol. The van der Waals surface area contributed by atoms with Crippen LogP contribution in [0.5, 0.6) is 0 Å². The van der Waals surface area contributed by atoms with E-state index in [0.717, 1.165) is 0 Å². The Morgan fingerprint density at radius 1 is 1.33 bits per heavy atom. The maximum atomic E-state index is 9.53. The van der Waals surface area contributed by atoms with E-state index < -0.39 is 0 Å². The second-order valence-electron chi connectivity index (χ2n) is 5.30. The van der Waals surface area contributed by atoms with Gasteiger partial charge in [-0.1, -0.05) is 27.7 Å². The molecule has 5 N–H and O–H groups in total. The summed E-state index contributed by atoms with van der Waals surface area (Å²) in [5.41, 5.74) is 2.37. The maximum Gasteiger partial charge on any atom is 0.145 e. The highest BCUT2D eigenvalue weighted by atomic mass is 16.3. The molecule has 1 rings (SSSR count). The van der Waals surface area contributed by atoms with Crippen LogP contribution in [-0.2, 0) is 5.41 Å². The number of aliphatic hydroxyl groups excluding tert-OH is 1. The van der Waals surface area contributed by atoms with Crippen LogP contribution < -0.4 is 16.6 Å². The van der Waals surface area contributed by atoms with Crippen LogP contribution in [0.1, 0.15) is 39.9 Å². The molecule has 0 aromatic carbocycles. The van der Waals surface area contributed by atoms with E-state index in [9.17, 15) is 5.11 Å². The zero-order valence-corrected chi connectivity index (χ0v) is 11.5. The van der Waals surface area contributed by atoms with E-state index in [4.69, 9.17) is 5.84 Å². The lowest BCUT2D eigenvalue weighted by Crippen LogP contribution is -2.22. The lowest BCUT2D eigenvalue weighted by molar-refractivity contribution is 0.183. The summed E-state index contributed by atoms with van der Waals surface area (Å²) in [4.78, 5) is 8.75. The summed E-state index contributed by atoms with van der Waals surface area (Å²) in [6.45, 7) is 8.49. The van der Waals surface area contributed by atoms with E-state index in [1.54, 1.807) is 6.07 Å². The fourth-order valence-corrected chi connectivity index (χ4v) is 1.31. The molecule has 0 spiro atoms. The monoisotopic (exact) mass is 253 g/mol. The molecule has 1 aromatic rings. The third-order valence-corrected chi connectivity index (χ3v) is 2.53. The first-order chi connectivity index (χ1) is 8.36. The quantitative estimate of drug-likeness (QED) is 0.466. The number of nitrogens with zero attached hydrogens (tertiary/aromatic N) is 2. The Morgan fingerprint density at radius 2 is 1.94 bits per heavy atom. The van der Waals surface area contributed by atoms with Crippen LogP contribution in [0.2, 0.25) is 0 Å². The Morgan fingerprint density at radius 3 is 2.44 bits per heavy atom. The number of anilines is 2. The van der Waals surface area contributed by atoms with Gasteiger partial charge in [-0.3, -0.25) is 0 Å². The summed E-state index contributed by atoms with van der Waals surface area (Å²) in [6.07, 6.45) is 0.319. The number of hydrazine groups is 1. The number of nitrogens with two attached hydrogens (primary N) is 1. The van der Waals surface area contributed by atoms with E-state index in [2.05, 4.69) is 20.7 Å². The third-order valence-electron chi connectivity index (χ3n) is 2.53. The van der Waals surface area contributed by atoms with Gasteiger partial charge in [-0.15, -0.1) is 0 Å². The van der Waals surface area contributed by atoms with Gasteiger partial charge >= 0.3 is 0 Å². The maximum absolute atomic E-state index is 9.53. The van der Waals surface area contributed by atoms with E-state index in [0.29, 0.717) is 30.4 Å². The van der Waals surface area contributed by atoms with Crippen molar-refractivity contribution in [2.75, 3.05) is 17.3 Å². The molecule has 0 amide bonds. The van der Waals surface area contributed by atoms with E-state index in [1.807, 2.05) is 27.7 Å². The van der Waals surface area contributed by atoms with Crippen molar-refractivity contribution in [2.24, 2.45) is 5.84 Å². The van der Waals surface area contributed by atoms with Gasteiger partial charge in [-0.05, 0) is 6.42 Å². The van der Waals surface area contributed by atoms with Crippen LogP contribution in [0.15, 0.2) is 6.07 Å². The normalized spacial score (nSPS) is 13.2. The van der Waals surface area contributed by atoms with Gasteiger partial charge in [0.25, 0.3) is 0 Å². The Hall–Kier alpha value is -1.40. The van der Waals surface area contributed by atoms with Gasteiger partial charge in [0, 0.05) is 18.0 Å². The van der Waals surface area contributed by atoms with Crippen LogP contribution in [0.25, 0.3) is 0 Å². The highest BCUT2D eigenvalue weighted by molar-refractivity contribution is 5.47. The first kappa shape index (κ1) is 14.7. The minimum atomic E-state index is -0.382. The van der Waals surface area contributed by atoms with Gasteiger partial charge in [-0.25, -0.2) is 15.8 Å². The molecule has 1 heterocycles. The molecule has 0 aliphatic heterocycles. The summed E-state index contributed by atoms with van der Waals surface area (Å²) in [5.74, 6) is 7.32. The van der Waals surface area contributed by atoms with E-state index >= 15 is 0 Å². The van der Waals surface area contributed by atoms with Crippen LogP contribution in [-0.4, -0.2) is 27.7 Å². The first-order valence-corrected chi connectivity index (χ1v) is 6.15. The molecule has 18 heavy (non-hydrogen) atoms. The molecule has 0 saturated heterocycles. The molecule has 0 aliphatic carbocycles. The smallest absolute Gasteiger partial charge is 0.145 e. The summed E-state index contributed by atoms with van der Waals surface area (Å²) in [6, 6.07) is 1.72. The molecule has 102 valence electrons. The minimum Gasteiger partial charge on any atom is -0.391 e. The van der Waals surface area contributed by atoms with Crippen molar-refractivity contribution >= 4 is 11.6 Å². The highest BCUT2D eigenvalue weighted by Crippen LogP contribution is 2.21. The standard InChI is InChI=1S/C12H23N5O/c1-5-8(18)7-14-9-6-10(17-13)16-11(15-9)12(2,3)4/h6,8,18H,5,7,13H2,1-4H3,(H2,14,15,16,17). The summed E-state index contributed by atoms with van der Waals surface area (Å²) in [5, 5.41) is 12.6. The number of aliphatic hydroxyl groups is 1. The van der Waals surface area contributed by atoms with Crippen molar-refractivity contribution in [3.63, 3.8) is 0 Å². The molecule has 6 heteroatoms. The van der Waals surface area contributed by atoms with E-state index in [1.165, 1.54) is 0 Å². The zero-order chi connectivity index (χ0) is 13.8. The molecule has 6 nitrogen and oxygen atoms in total. The molecule has 0 aliphatic rings. The Balaban J connectivity index is 2.91. The number of rotatable bonds is 5. The van der Waals surface area contributed by atoms with Gasteiger partial charge in [-0.2, -0.15) is 0 Å². The van der Waals surface area contributed by atoms with Crippen molar-refractivity contribution in [3.8, 4) is 0 Å². The summed E-state index contributed by atoms with van der Waals surface area (Å²) >= 11 is 0. The SMILES string of the molecule is CCC(O)CNc1cc(NN)nc(C(C)(C)C)n1. The fraction of sp³-hybridized carbons (Fsp3) is 0.667. The summed E-state index contributed by atoms with van der Waals surface area (Å²) in [7, 11) is 0. The highest BCUT2D eigenvalue weighted by Gasteiger charge is 2.19. The molecule has 0 saturated carbocycles. The second kappa shape index (κ2) is 5.97. The van der Waals surface area contributed by atoms with Crippen molar-refractivity contribution < 1.29 is 5.11 Å². The number of aromatic nitrogens is 2. The van der Waals surface area contributed by atoms with Gasteiger partial charge in [0.2, 0.25) is 0 Å². The topological polar surface area (TPSA) is 96.1 Å². The molecular formula is C12H23N5O. The van der Waals surface area contributed by atoms with Gasteiger partial charge in [0.1, 0.15) is 17.5 Å². The van der Waals surface area contributed by atoms with Gasteiger partial charge in [0.05, 0.1) is 6.10 Å². The molecule has 0 fully saturated rings. The van der Waals surface area contributed by atoms with E-state index in [-0.39, 0.29) is 11.5 Å². The fourth-order valence-electron chi connectivity index (χ4n) is 1.31. The number of nitrogens with one attached hydrogen (secondary N) is 2. The number of nitrogen functional groups attached to an aromatic ring is 1. The average molecular weight is 253 g/mol. The lowest BCUT2D eigenvalue weighted by Gasteiger charge is -2.19. The first-order valence-electron chi connectivity index (χ1n) is 6.15. The van der Waals surface area contributed by atoms with Crippen molar-refractivity contribution in [1.29, 1.82) is 0 Å². The minimum absolute atomic E-state index is 0.160. The molecule has 1 aromatic heterocycles. The van der Waals surface area contributed by atoms with Gasteiger partial charge < -0.3 is 15.8 Å². The predicted octanol–water partition coefficient (Wildman–Crippen LogP) is 1.24. The van der Waals surface area contributed by atoms with Crippen molar-refractivity contribution in [2.45, 2.75) is 45.6 Å². The lowest BCUT2D eigenvalue weighted by atomic mass is 9.96. The van der Waals surface area contributed by atoms with Crippen molar-refractivity contribution in [3.05, 3.63) is 11.9 Å². The molecule has 1 atom stereocenters. The van der Waals surface area contributed by atoms with Crippen LogP contribution in [0.3, 0.4) is 0 Å². The largest absolute Gasteiger partial charge is 0.391 e. The van der Waals surface area contributed by atoms with Crippen LogP contribution in [0.4, 0.5) is 11.6 Å². The molecule has 0 bridgehead atoms. The average Bonchev–Trinajstić information content (AvgIpc) is 2.34. The Kier molecular flexibility index (Phi) is 4.86. The Bertz CT molecular complexity index is 389. The molecule has 1 unspecified atom stereocenters. The van der Waals surface area contributed by atoms with Crippen LogP contribution in [0, 0.1) is 0 Å². The number of hydrogen-bond acceptors (Lipinski definition) is 6.